The predicted octanol–water partition coefficient (Wildman–Crippen LogP) is 4.01. The highest BCUT2D eigenvalue weighted by atomic mass is 35.5. The van der Waals surface area contributed by atoms with Crippen LogP contribution in [0.2, 0.25) is 5.02 Å². The van der Waals surface area contributed by atoms with Gasteiger partial charge >= 0.3 is 11.9 Å². The lowest BCUT2D eigenvalue weighted by atomic mass is 10.1. The third-order valence-electron chi connectivity index (χ3n) is 4.73. The number of hydrogen-bond acceptors (Lipinski definition) is 7. The van der Waals surface area contributed by atoms with Crippen molar-refractivity contribution in [2.24, 2.45) is 0 Å². The minimum absolute atomic E-state index is 0.00393. The number of carboxylic acids is 1. The van der Waals surface area contributed by atoms with Crippen LogP contribution < -0.4 is 4.74 Å². The van der Waals surface area contributed by atoms with Gasteiger partial charge in [-0.1, -0.05) is 47.6 Å². The van der Waals surface area contributed by atoms with E-state index in [1.54, 1.807) is 36.4 Å². The van der Waals surface area contributed by atoms with E-state index in [-0.39, 0.29) is 42.0 Å². The summed E-state index contributed by atoms with van der Waals surface area (Å²) < 4.78 is 11.2. The number of halogens is 1. The first-order chi connectivity index (χ1) is 15.3. The Kier molecular flexibility index (Phi) is 8.30. The van der Waals surface area contributed by atoms with E-state index >= 15 is 0 Å². The average molecular weight is 477 g/mol. The Morgan fingerprint density at radius 1 is 1.12 bits per heavy atom. The first kappa shape index (κ1) is 23.8. The van der Waals surface area contributed by atoms with Crippen molar-refractivity contribution >= 4 is 46.2 Å². The number of Topliss-reactive ketones (excluding diaryl/α,β-unsaturated/α-hetero) is 1. The number of ketones is 1. The molecule has 1 unspecified atom stereocenters. The molecule has 0 bridgehead atoms. The number of ether oxygens (including phenoxy) is 2. The molecule has 1 N–H and O–H groups in total. The first-order valence-electron chi connectivity index (χ1n) is 9.91. The molecule has 0 aliphatic carbocycles. The van der Waals surface area contributed by atoms with Gasteiger partial charge in [0, 0.05) is 5.02 Å². The molecule has 0 amide bonds. The van der Waals surface area contributed by atoms with E-state index in [0.29, 0.717) is 22.8 Å². The molecular formula is C23H21ClO7S. The van der Waals surface area contributed by atoms with Gasteiger partial charge < -0.3 is 14.6 Å². The van der Waals surface area contributed by atoms with Crippen molar-refractivity contribution in [3.63, 3.8) is 0 Å². The van der Waals surface area contributed by atoms with E-state index in [1.165, 1.54) is 0 Å². The van der Waals surface area contributed by atoms with E-state index in [0.717, 1.165) is 17.3 Å². The molecule has 0 spiro atoms. The third kappa shape index (κ3) is 7.10. The van der Waals surface area contributed by atoms with Crippen LogP contribution in [0, 0.1) is 0 Å². The predicted molar refractivity (Wildman–Crippen MR) is 119 cm³/mol. The monoisotopic (exact) mass is 476 g/mol. The summed E-state index contributed by atoms with van der Waals surface area (Å²) in [5, 5.41) is 8.79. The topological polar surface area (TPSA) is 107 Å². The van der Waals surface area contributed by atoms with E-state index in [4.69, 9.17) is 26.2 Å². The third-order valence-corrected chi connectivity index (χ3v) is 6.09. The average Bonchev–Trinajstić information content (AvgIpc) is 3.07. The van der Waals surface area contributed by atoms with E-state index in [2.05, 4.69) is 0 Å². The molecule has 2 aromatic carbocycles. The standard InChI is InChI=1S/C23H21ClO7S/c24-16-3-1-2-15(11-16)19(31-22(28)9-8-21(26)27)13-30-17-6-4-14(5-7-17)10-20-18(25)12-23(29)32-20/h1-7,11,19-20H,8-10,12-13H2,(H,26,27)/t19-,20?/m0/s1. The van der Waals surface area contributed by atoms with Crippen LogP contribution in [0.4, 0.5) is 0 Å². The highest BCUT2D eigenvalue weighted by Crippen LogP contribution is 2.29. The van der Waals surface area contributed by atoms with Crippen molar-refractivity contribution in [1.29, 1.82) is 0 Å². The molecule has 1 aliphatic rings. The lowest BCUT2D eigenvalue weighted by molar-refractivity contribution is -0.153. The fourth-order valence-corrected chi connectivity index (χ4v) is 4.35. The van der Waals surface area contributed by atoms with Crippen LogP contribution in [0.25, 0.3) is 0 Å². The molecule has 168 valence electrons. The Morgan fingerprint density at radius 3 is 2.50 bits per heavy atom. The molecule has 1 fully saturated rings. The zero-order valence-electron chi connectivity index (χ0n) is 17.0. The fraction of sp³-hybridized carbons (Fsp3) is 0.304. The molecular weight excluding hydrogens is 456 g/mol. The molecule has 1 heterocycles. The summed E-state index contributed by atoms with van der Waals surface area (Å²) in [7, 11) is 0. The Bertz CT molecular complexity index is 1010. The Morgan fingerprint density at radius 2 is 1.88 bits per heavy atom. The van der Waals surface area contributed by atoms with Gasteiger partial charge in [-0.2, -0.15) is 0 Å². The Labute approximate surface area is 194 Å². The van der Waals surface area contributed by atoms with Gasteiger partial charge in [-0.3, -0.25) is 19.2 Å². The van der Waals surface area contributed by atoms with Crippen LogP contribution in [-0.2, 0) is 30.3 Å². The van der Waals surface area contributed by atoms with Gasteiger partial charge in [0.15, 0.2) is 17.0 Å². The smallest absolute Gasteiger partial charge is 0.307 e. The van der Waals surface area contributed by atoms with E-state index in [9.17, 15) is 19.2 Å². The Balaban J connectivity index is 1.62. The minimum Gasteiger partial charge on any atom is -0.489 e. The zero-order valence-corrected chi connectivity index (χ0v) is 18.6. The molecule has 2 aromatic rings. The number of carbonyl (C=O) groups is 4. The van der Waals surface area contributed by atoms with Crippen molar-refractivity contribution in [2.45, 2.75) is 37.0 Å². The molecule has 0 aromatic heterocycles. The summed E-state index contributed by atoms with van der Waals surface area (Å²) in [6.45, 7) is 0.00393. The molecule has 2 atom stereocenters. The van der Waals surface area contributed by atoms with Crippen LogP contribution in [0.5, 0.6) is 5.75 Å². The second kappa shape index (κ2) is 11.2. The van der Waals surface area contributed by atoms with Crippen molar-refractivity contribution in [3.05, 3.63) is 64.7 Å². The number of hydrogen-bond donors (Lipinski definition) is 1. The normalized spacial score (nSPS) is 16.6. The molecule has 0 radical (unpaired) electrons. The molecule has 7 nitrogen and oxygen atoms in total. The summed E-state index contributed by atoms with van der Waals surface area (Å²) >= 11 is 7.13. The number of benzene rings is 2. The Hall–Kier alpha value is -2.84. The lowest BCUT2D eigenvalue weighted by Gasteiger charge is -2.19. The summed E-state index contributed by atoms with van der Waals surface area (Å²) in [6, 6.07) is 13.9. The van der Waals surface area contributed by atoms with Crippen LogP contribution in [0.3, 0.4) is 0 Å². The van der Waals surface area contributed by atoms with Crippen LogP contribution >= 0.6 is 23.4 Å². The van der Waals surface area contributed by atoms with Gasteiger partial charge in [0.2, 0.25) is 0 Å². The second-order valence-electron chi connectivity index (χ2n) is 7.21. The van der Waals surface area contributed by atoms with Gasteiger partial charge in [-0.25, -0.2) is 0 Å². The first-order valence-corrected chi connectivity index (χ1v) is 11.2. The lowest BCUT2D eigenvalue weighted by Crippen LogP contribution is -2.19. The maximum atomic E-state index is 12.1. The summed E-state index contributed by atoms with van der Waals surface area (Å²) in [5.74, 6) is -1.25. The van der Waals surface area contributed by atoms with Gasteiger partial charge in [-0.15, -0.1) is 0 Å². The number of aliphatic carboxylic acids is 1. The van der Waals surface area contributed by atoms with Crippen molar-refractivity contribution in [3.8, 4) is 5.75 Å². The second-order valence-corrected chi connectivity index (χ2v) is 8.90. The SMILES string of the molecule is O=C(O)CCC(=O)O[C@@H](COc1ccc(CC2SC(=O)CC2=O)cc1)c1cccc(Cl)c1. The van der Waals surface area contributed by atoms with Crippen LogP contribution in [-0.4, -0.2) is 39.8 Å². The highest BCUT2D eigenvalue weighted by molar-refractivity contribution is 8.15. The van der Waals surface area contributed by atoms with Gasteiger partial charge in [0.25, 0.3) is 0 Å². The van der Waals surface area contributed by atoms with Gasteiger partial charge in [-0.05, 0) is 41.8 Å². The van der Waals surface area contributed by atoms with Crippen LogP contribution in [0.1, 0.15) is 36.5 Å². The van der Waals surface area contributed by atoms with E-state index in [1.807, 2.05) is 12.1 Å². The van der Waals surface area contributed by atoms with Crippen LogP contribution in [0.15, 0.2) is 48.5 Å². The van der Waals surface area contributed by atoms with Gasteiger partial charge in [0.05, 0.1) is 24.5 Å². The summed E-state index contributed by atoms with van der Waals surface area (Å²) in [6.07, 6.45) is -0.875. The number of esters is 1. The molecule has 32 heavy (non-hydrogen) atoms. The zero-order chi connectivity index (χ0) is 23.1. The maximum Gasteiger partial charge on any atom is 0.307 e. The number of carboxylic acid groups (broad SMARTS) is 1. The van der Waals surface area contributed by atoms with Crippen molar-refractivity contribution < 1.29 is 33.8 Å². The number of thioether (sulfide) groups is 1. The van der Waals surface area contributed by atoms with Crippen molar-refractivity contribution in [1.82, 2.24) is 0 Å². The summed E-state index contributed by atoms with van der Waals surface area (Å²) in [4.78, 5) is 46.0. The van der Waals surface area contributed by atoms with E-state index < -0.39 is 18.0 Å². The molecule has 9 heteroatoms. The minimum atomic E-state index is -1.08. The molecule has 3 rings (SSSR count). The molecule has 0 saturated carbocycles. The largest absolute Gasteiger partial charge is 0.489 e. The fourth-order valence-electron chi connectivity index (χ4n) is 3.12. The molecule has 1 saturated heterocycles. The van der Waals surface area contributed by atoms with Crippen molar-refractivity contribution in [2.75, 3.05) is 6.61 Å². The quantitative estimate of drug-likeness (QED) is 0.405. The molecule has 1 aliphatic heterocycles. The highest BCUT2D eigenvalue weighted by Gasteiger charge is 2.31. The number of carbonyl (C=O) groups excluding carboxylic acids is 3. The summed E-state index contributed by atoms with van der Waals surface area (Å²) in [5.41, 5.74) is 1.53. The number of rotatable bonds is 10. The maximum absolute atomic E-state index is 12.1. The van der Waals surface area contributed by atoms with Gasteiger partial charge in [0.1, 0.15) is 12.4 Å².